The van der Waals surface area contributed by atoms with Gasteiger partial charge in [0.25, 0.3) is 0 Å². The zero-order valence-corrected chi connectivity index (χ0v) is 18.8. The molecule has 0 aromatic heterocycles. The van der Waals surface area contributed by atoms with Crippen LogP contribution < -0.4 is 10.6 Å². The summed E-state index contributed by atoms with van der Waals surface area (Å²) in [4.78, 5) is 36.2. The van der Waals surface area contributed by atoms with Crippen LogP contribution in [0.2, 0.25) is 0 Å². The van der Waals surface area contributed by atoms with Crippen LogP contribution >= 0.6 is 0 Å². The van der Waals surface area contributed by atoms with Crippen molar-refractivity contribution in [3.05, 3.63) is 59.7 Å². The zero-order chi connectivity index (χ0) is 24.0. The van der Waals surface area contributed by atoms with Crippen LogP contribution in [0.25, 0.3) is 11.1 Å². The van der Waals surface area contributed by atoms with Crippen molar-refractivity contribution in [1.82, 2.24) is 10.6 Å². The number of terminal acetylenes is 1. The molecule has 0 radical (unpaired) electrons. The predicted molar refractivity (Wildman–Crippen MR) is 124 cm³/mol. The van der Waals surface area contributed by atoms with Gasteiger partial charge in [-0.2, -0.15) is 0 Å². The molecule has 0 saturated carbocycles. The normalized spacial score (nSPS) is 13.2. The molecule has 7 nitrogen and oxygen atoms in total. The summed E-state index contributed by atoms with van der Waals surface area (Å²) in [6, 6.07) is 15.0. The van der Waals surface area contributed by atoms with Gasteiger partial charge in [-0.15, -0.1) is 12.3 Å². The molecule has 0 spiro atoms. The SMILES string of the molecule is C#CCC(NC(=O)OCC1c2ccccc2-c2ccccc21)C(=O)NCCC(C)(C)C(=O)O. The fourth-order valence-electron chi connectivity index (χ4n) is 3.84. The van der Waals surface area contributed by atoms with E-state index in [1.807, 2.05) is 48.5 Å². The Kier molecular flexibility index (Phi) is 7.39. The Hall–Kier alpha value is -3.79. The summed E-state index contributed by atoms with van der Waals surface area (Å²) >= 11 is 0. The zero-order valence-electron chi connectivity index (χ0n) is 18.8. The maximum atomic E-state index is 12.5. The van der Waals surface area contributed by atoms with Crippen molar-refractivity contribution in [2.45, 2.75) is 38.6 Å². The number of alkyl carbamates (subject to hydrolysis) is 1. The van der Waals surface area contributed by atoms with E-state index in [9.17, 15) is 19.5 Å². The second kappa shape index (κ2) is 10.2. The third-order valence-electron chi connectivity index (χ3n) is 5.90. The van der Waals surface area contributed by atoms with Gasteiger partial charge in [-0.1, -0.05) is 48.5 Å². The van der Waals surface area contributed by atoms with Crippen LogP contribution in [0, 0.1) is 17.8 Å². The molecule has 3 rings (SSSR count). The van der Waals surface area contributed by atoms with Crippen LogP contribution in [0.15, 0.2) is 48.5 Å². The average Bonchev–Trinajstić information content (AvgIpc) is 3.11. The van der Waals surface area contributed by atoms with E-state index in [2.05, 4.69) is 16.6 Å². The first-order chi connectivity index (χ1) is 15.7. The molecule has 0 aliphatic heterocycles. The number of benzene rings is 2. The number of rotatable bonds is 9. The molecular weight excluding hydrogens is 420 g/mol. The molecule has 0 bridgehead atoms. The largest absolute Gasteiger partial charge is 0.481 e. The van der Waals surface area contributed by atoms with E-state index in [-0.39, 0.29) is 31.9 Å². The maximum absolute atomic E-state index is 12.5. The molecule has 172 valence electrons. The van der Waals surface area contributed by atoms with Gasteiger partial charge >= 0.3 is 12.1 Å². The summed E-state index contributed by atoms with van der Waals surface area (Å²) in [7, 11) is 0. The topological polar surface area (TPSA) is 105 Å². The molecule has 7 heteroatoms. The Morgan fingerprint density at radius 3 is 2.21 bits per heavy atom. The molecular formula is C26H28N2O5. The smallest absolute Gasteiger partial charge is 0.407 e. The van der Waals surface area contributed by atoms with Crippen LogP contribution in [0.5, 0.6) is 0 Å². The quantitative estimate of drug-likeness (QED) is 0.509. The first kappa shape index (κ1) is 23.9. The fraction of sp³-hybridized carbons (Fsp3) is 0.346. The van der Waals surface area contributed by atoms with Crippen molar-refractivity contribution in [2.75, 3.05) is 13.2 Å². The van der Waals surface area contributed by atoms with E-state index in [0.717, 1.165) is 22.3 Å². The second-order valence-electron chi connectivity index (χ2n) is 8.66. The molecule has 1 aliphatic rings. The molecule has 2 amide bonds. The van der Waals surface area contributed by atoms with Crippen molar-refractivity contribution in [1.29, 1.82) is 0 Å². The van der Waals surface area contributed by atoms with Crippen LogP contribution in [-0.2, 0) is 14.3 Å². The maximum Gasteiger partial charge on any atom is 0.407 e. The molecule has 0 fully saturated rings. The highest BCUT2D eigenvalue weighted by Crippen LogP contribution is 2.44. The third-order valence-corrected chi connectivity index (χ3v) is 5.90. The summed E-state index contributed by atoms with van der Waals surface area (Å²) < 4.78 is 5.48. The Balaban J connectivity index is 1.58. The number of carboxylic acids is 1. The number of carboxylic acid groups (broad SMARTS) is 1. The Morgan fingerprint density at radius 2 is 1.67 bits per heavy atom. The van der Waals surface area contributed by atoms with Gasteiger partial charge in [-0.25, -0.2) is 4.79 Å². The van der Waals surface area contributed by atoms with Gasteiger partial charge in [0.15, 0.2) is 0 Å². The standard InChI is InChI=1S/C26H28N2O5/c1-4-9-22(23(29)27-15-14-26(2,3)24(30)31)28-25(32)33-16-21-19-12-7-5-10-17(19)18-11-6-8-13-20(18)21/h1,5-8,10-13,21-22H,9,14-16H2,2-3H3,(H,27,29)(H,28,32)(H,30,31). The second-order valence-corrected chi connectivity index (χ2v) is 8.66. The van der Waals surface area contributed by atoms with Gasteiger partial charge in [0.1, 0.15) is 12.6 Å². The van der Waals surface area contributed by atoms with Gasteiger partial charge in [-0.05, 0) is 42.5 Å². The molecule has 2 aromatic rings. The Morgan fingerprint density at radius 1 is 1.09 bits per heavy atom. The monoisotopic (exact) mass is 448 g/mol. The van der Waals surface area contributed by atoms with E-state index in [4.69, 9.17) is 11.2 Å². The highest BCUT2D eigenvalue weighted by Gasteiger charge is 2.30. The molecule has 1 unspecified atom stereocenters. The molecule has 0 saturated heterocycles. The predicted octanol–water partition coefficient (Wildman–Crippen LogP) is 3.53. The first-order valence-electron chi connectivity index (χ1n) is 10.8. The van der Waals surface area contributed by atoms with E-state index >= 15 is 0 Å². The number of nitrogens with one attached hydrogen (secondary N) is 2. The van der Waals surface area contributed by atoms with Gasteiger partial charge in [0.05, 0.1) is 5.41 Å². The summed E-state index contributed by atoms with van der Waals surface area (Å²) in [5.41, 5.74) is 3.44. The van der Waals surface area contributed by atoms with Crippen molar-refractivity contribution >= 4 is 18.0 Å². The van der Waals surface area contributed by atoms with Gasteiger partial charge in [-0.3, -0.25) is 9.59 Å². The third kappa shape index (κ3) is 5.53. The molecule has 1 atom stereocenters. The molecule has 0 heterocycles. The minimum atomic E-state index is -0.977. The first-order valence-corrected chi connectivity index (χ1v) is 10.8. The van der Waals surface area contributed by atoms with Crippen molar-refractivity contribution in [3.8, 4) is 23.5 Å². The van der Waals surface area contributed by atoms with E-state index in [0.29, 0.717) is 0 Å². The Bertz CT molecular complexity index is 1040. The van der Waals surface area contributed by atoms with Gasteiger partial charge < -0.3 is 20.5 Å². The van der Waals surface area contributed by atoms with Crippen LogP contribution in [0.3, 0.4) is 0 Å². The minimum Gasteiger partial charge on any atom is -0.481 e. The minimum absolute atomic E-state index is 0.0155. The average molecular weight is 449 g/mol. The van der Waals surface area contributed by atoms with Crippen LogP contribution in [0.1, 0.15) is 43.7 Å². The number of hydrogen-bond donors (Lipinski definition) is 3. The van der Waals surface area contributed by atoms with E-state index in [1.54, 1.807) is 13.8 Å². The van der Waals surface area contributed by atoms with Gasteiger partial charge in [0, 0.05) is 18.9 Å². The number of carbonyl (C=O) groups excluding carboxylic acids is 2. The fourth-order valence-corrected chi connectivity index (χ4v) is 3.84. The number of fused-ring (bicyclic) bond motifs is 3. The summed E-state index contributed by atoms with van der Waals surface area (Å²) in [6.07, 6.45) is 4.84. The lowest BCUT2D eigenvalue weighted by Gasteiger charge is -2.21. The van der Waals surface area contributed by atoms with Crippen LogP contribution in [0.4, 0.5) is 4.79 Å². The molecule has 1 aliphatic carbocycles. The molecule has 2 aromatic carbocycles. The number of ether oxygens (including phenoxy) is 1. The van der Waals surface area contributed by atoms with Crippen molar-refractivity contribution in [3.63, 3.8) is 0 Å². The lowest BCUT2D eigenvalue weighted by molar-refractivity contribution is -0.147. The summed E-state index contributed by atoms with van der Waals surface area (Å²) in [5, 5.41) is 14.3. The highest BCUT2D eigenvalue weighted by molar-refractivity contribution is 5.86. The number of aliphatic carboxylic acids is 1. The van der Waals surface area contributed by atoms with Gasteiger partial charge in [0.2, 0.25) is 5.91 Å². The number of amides is 2. The molecule has 33 heavy (non-hydrogen) atoms. The van der Waals surface area contributed by atoms with E-state index in [1.165, 1.54) is 0 Å². The Labute approximate surface area is 193 Å². The summed E-state index contributed by atoms with van der Waals surface area (Å²) in [6.45, 7) is 3.42. The van der Waals surface area contributed by atoms with Crippen molar-refractivity contribution in [2.24, 2.45) is 5.41 Å². The lowest BCUT2D eigenvalue weighted by atomic mass is 9.89. The molecule has 3 N–H and O–H groups in total. The van der Waals surface area contributed by atoms with Crippen LogP contribution in [-0.4, -0.2) is 42.3 Å². The highest BCUT2D eigenvalue weighted by atomic mass is 16.5. The number of hydrogen-bond acceptors (Lipinski definition) is 4. The number of carbonyl (C=O) groups is 3. The lowest BCUT2D eigenvalue weighted by Crippen LogP contribution is -2.47. The summed E-state index contributed by atoms with van der Waals surface area (Å²) in [5.74, 6) is 0.847. The van der Waals surface area contributed by atoms with Crippen molar-refractivity contribution < 1.29 is 24.2 Å². The van der Waals surface area contributed by atoms with E-state index < -0.39 is 29.4 Å².